The fraction of sp³-hybridized carbons (Fsp3) is 0.286. The Labute approximate surface area is 105 Å². The molecule has 0 saturated heterocycles. The maximum atomic E-state index is 13.8. The number of carbonyl (C=O) groups is 1. The SMILES string of the molecule is NC=C1C(=O)CCCC1=NC1=CC=CC=CC1F. The maximum Gasteiger partial charge on any atom is 0.166 e. The van der Waals surface area contributed by atoms with Crippen molar-refractivity contribution in [2.24, 2.45) is 10.7 Å². The van der Waals surface area contributed by atoms with Crippen molar-refractivity contribution in [1.29, 1.82) is 0 Å². The van der Waals surface area contributed by atoms with Crippen LogP contribution in [0.5, 0.6) is 0 Å². The Bertz CT molecular complexity index is 498. The van der Waals surface area contributed by atoms with Crippen LogP contribution in [0.2, 0.25) is 0 Å². The highest BCUT2D eigenvalue weighted by atomic mass is 19.1. The summed E-state index contributed by atoms with van der Waals surface area (Å²) in [5.74, 6) is -0.0155. The molecule has 0 aromatic heterocycles. The van der Waals surface area contributed by atoms with Crippen molar-refractivity contribution in [2.45, 2.75) is 25.4 Å². The molecule has 2 N–H and O–H groups in total. The number of carbonyl (C=O) groups excluding carboxylic acids is 1. The molecular formula is C14H15FN2O. The standard InChI is InChI=1S/C14H15FN2O/c15-11-5-2-1-3-6-13(11)17-12-7-4-8-14(18)10(12)9-16/h1-3,5-6,9,11H,4,7-8,16H2. The zero-order chi connectivity index (χ0) is 13.0. The highest BCUT2D eigenvalue weighted by Crippen LogP contribution is 2.21. The van der Waals surface area contributed by atoms with Crippen LogP contribution in [-0.4, -0.2) is 17.7 Å². The Kier molecular flexibility index (Phi) is 3.87. The molecule has 4 heteroatoms. The van der Waals surface area contributed by atoms with Gasteiger partial charge in [-0.2, -0.15) is 0 Å². The highest BCUT2D eigenvalue weighted by molar-refractivity contribution is 6.24. The molecule has 94 valence electrons. The number of rotatable bonds is 1. The number of nitrogens with two attached hydrogens (primary N) is 1. The van der Waals surface area contributed by atoms with Crippen molar-refractivity contribution in [1.82, 2.24) is 0 Å². The number of aliphatic imine (C=N–C) groups is 1. The maximum absolute atomic E-state index is 13.8. The second-order valence-corrected chi connectivity index (χ2v) is 4.18. The quantitative estimate of drug-likeness (QED) is 0.722. The third-order valence-electron chi connectivity index (χ3n) is 2.91. The molecule has 0 bridgehead atoms. The molecule has 3 nitrogen and oxygen atoms in total. The molecular weight excluding hydrogens is 231 g/mol. The van der Waals surface area contributed by atoms with Crippen LogP contribution in [-0.2, 0) is 4.79 Å². The zero-order valence-electron chi connectivity index (χ0n) is 9.97. The first kappa shape index (κ1) is 12.5. The lowest BCUT2D eigenvalue weighted by atomic mass is 9.92. The van der Waals surface area contributed by atoms with Crippen molar-refractivity contribution in [3.63, 3.8) is 0 Å². The van der Waals surface area contributed by atoms with Crippen LogP contribution in [0.1, 0.15) is 19.3 Å². The van der Waals surface area contributed by atoms with E-state index in [-0.39, 0.29) is 5.78 Å². The lowest BCUT2D eigenvalue weighted by Gasteiger charge is -2.16. The van der Waals surface area contributed by atoms with E-state index in [1.54, 1.807) is 24.3 Å². The van der Waals surface area contributed by atoms with E-state index >= 15 is 0 Å². The van der Waals surface area contributed by atoms with Gasteiger partial charge in [0, 0.05) is 12.6 Å². The number of halogens is 1. The lowest BCUT2D eigenvalue weighted by Crippen LogP contribution is -2.21. The van der Waals surface area contributed by atoms with Gasteiger partial charge >= 0.3 is 0 Å². The molecule has 0 aromatic carbocycles. The third kappa shape index (κ3) is 2.64. The monoisotopic (exact) mass is 246 g/mol. The molecule has 0 spiro atoms. The lowest BCUT2D eigenvalue weighted by molar-refractivity contribution is -0.115. The van der Waals surface area contributed by atoms with Gasteiger partial charge in [-0.05, 0) is 25.0 Å². The van der Waals surface area contributed by atoms with Crippen LogP contribution in [0.3, 0.4) is 0 Å². The molecule has 0 aliphatic heterocycles. The molecule has 2 aliphatic rings. The molecule has 0 heterocycles. The van der Waals surface area contributed by atoms with Gasteiger partial charge in [0.25, 0.3) is 0 Å². The molecule has 1 unspecified atom stereocenters. The summed E-state index contributed by atoms with van der Waals surface area (Å²) in [7, 11) is 0. The molecule has 0 amide bonds. The molecule has 0 radical (unpaired) electrons. The van der Waals surface area contributed by atoms with Gasteiger partial charge in [0.05, 0.1) is 17.0 Å². The number of nitrogens with zero attached hydrogens (tertiary/aromatic N) is 1. The number of allylic oxidation sites excluding steroid dienone is 6. The van der Waals surface area contributed by atoms with E-state index in [0.717, 1.165) is 6.42 Å². The number of Topliss-reactive ketones (excluding diaryl/α,β-unsaturated/α-hetero) is 1. The number of ketones is 1. The summed E-state index contributed by atoms with van der Waals surface area (Å²) in [6, 6.07) is 0. The normalized spacial score (nSPS) is 28.6. The summed E-state index contributed by atoms with van der Waals surface area (Å²) in [4.78, 5) is 15.9. The van der Waals surface area contributed by atoms with Crippen LogP contribution in [0, 0.1) is 0 Å². The summed E-state index contributed by atoms with van der Waals surface area (Å²) in [5.41, 5.74) is 6.77. The van der Waals surface area contributed by atoms with E-state index < -0.39 is 6.17 Å². The first-order valence-corrected chi connectivity index (χ1v) is 5.94. The third-order valence-corrected chi connectivity index (χ3v) is 2.91. The minimum Gasteiger partial charge on any atom is -0.404 e. The van der Waals surface area contributed by atoms with Gasteiger partial charge in [0.15, 0.2) is 12.0 Å². The molecule has 1 atom stereocenters. The molecule has 18 heavy (non-hydrogen) atoms. The summed E-state index contributed by atoms with van der Waals surface area (Å²) in [5, 5.41) is 0. The predicted octanol–water partition coefficient (Wildman–Crippen LogP) is 2.37. The fourth-order valence-corrected chi connectivity index (χ4v) is 1.98. The van der Waals surface area contributed by atoms with Crippen LogP contribution in [0.4, 0.5) is 4.39 Å². The molecule has 1 fully saturated rings. The van der Waals surface area contributed by atoms with E-state index in [4.69, 9.17) is 5.73 Å². The van der Waals surface area contributed by atoms with Gasteiger partial charge in [-0.25, -0.2) is 4.39 Å². The Morgan fingerprint density at radius 2 is 2.17 bits per heavy atom. The van der Waals surface area contributed by atoms with Crippen molar-refractivity contribution >= 4 is 11.5 Å². The van der Waals surface area contributed by atoms with E-state index in [1.807, 2.05) is 0 Å². The van der Waals surface area contributed by atoms with Gasteiger partial charge in [-0.15, -0.1) is 0 Å². The van der Waals surface area contributed by atoms with Crippen LogP contribution >= 0.6 is 0 Å². The summed E-state index contributed by atoms with van der Waals surface area (Å²) >= 11 is 0. The van der Waals surface area contributed by atoms with Crippen molar-refractivity contribution < 1.29 is 9.18 Å². The second-order valence-electron chi connectivity index (χ2n) is 4.18. The minimum absolute atomic E-state index is 0.0155. The summed E-state index contributed by atoms with van der Waals surface area (Å²) < 4.78 is 13.8. The first-order valence-electron chi connectivity index (χ1n) is 5.94. The van der Waals surface area contributed by atoms with Crippen LogP contribution in [0.15, 0.2) is 52.8 Å². The molecule has 2 rings (SSSR count). The Balaban J connectivity index is 2.32. The zero-order valence-corrected chi connectivity index (χ0v) is 9.97. The van der Waals surface area contributed by atoms with Crippen molar-refractivity contribution in [3.05, 3.63) is 47.9 Å². The topological polar surface area (TPSA) is 55.5 Å². The van der Waals surface area contributed by atoms with Gasteiger partial charge in [-0.3, -0.25) is 9.79 Å². The Morgan fingerprint density at radius 3 is 2.94 bits per heavy atom. The molecule has 2 aliphatic carbocycles. The van der Waals surface area contributed by atoms with Gasteiger partial charge < -0.3 is 5.73 Å². The van der Waals surface area contributed by atoms with E-state index in [9.17, 15) is 9.18 Å². The Morgan fingerprint density at radius 1 is 1.33 bits per heavy atom. The van der Waals surface area contributed by atoms with Crippen molar-refractivity contribution in [2.75, 3.05) is 0 Å². The van der Waals surface area contributed by atoms with E-state index in [1.165, 1.54) is 12.3 Å². The second kappa shape index (κ2) is 5.58. The van der Waals surface area contributed by atoms with E-state index in [2.05, 4.69) is 4.99 Å². The first-order chi connectivity index (χ1) is 8.72. The summed E-state index contributed by atoms with van der Waals surface area (Å²) in [6.07, 6.45) is 10.1. The summed E-state index contributed by atoms with van der Waals surface area (Å²) in [6.45, 7) is 0. The fourth-order valence-electron chi connectivity index (χ4n) is 1.98. The molecule has 1 saturated carbocycles. The smallest absolute Gasteiger partial charge is 0.166 e. The van der Waals surface area contributed by atoms with Crippen molar-refractivity contribution in [3.8, 4) is 0 Å². The minimum atomic E-state index is -1.25. The largest absolute Gasteiger partial charge is 0.404 e. The van der Waals surface area contributed by atoms with Crippen LogP contribution in [0.25, 0.3) is 0 Å². The van der Waals surface area contributed by atoms with Gasteiger partial charge in [0.1, 0.15) is 0 Å². The number of hydrogen-bond donors (Lipinski definition) is 1. The highest BCUT2D eigenvalue weighted by Gasteiger charge is 2.22. The average Bonchev–Trinajstić information content (AvgIpc) is 2.55. The Hall–Kier alpha value is -1.97. The van der Waals surface area contributed by atoms with Crippen LogP contribution < -0.4 is 5.73 Å². The van der Waals surface area contributed by atoms with E-state index in [0.29, 0.717) is 29.8 Å². The molecule has 0 aromatic rings. The van der Waals surface area contributed by atoms with Gasteiger partial charge in [-0.1, -0.05) is 18.2 Å². The van der Waals surface area contributed by atoms with Gasteiger partial charge in [0.2, 0.25) is 0 Å². The average molecular weight is 246 g/mol. The number of alkyl halides is 1. The number of hydrogen-bond acceptors (Lipinski definition) is 3. The predicted molar refractivity (Wildman–Crippen MR) is 69.8 cm³/mol.